The molecule has 2 aliphatic rings. The monoisotopic (exact) mass is 284 g/mol. The van der Waals surface area contributed by atoms with Crippen molar-refractivity contribution in [3.8, 4) is 0 Å². The van der Waals surface area contributed by atoms with Crippen molar-refractivity contribution in [2.75, 3.05) is 33.4 Å². The van der Waals surface area contributed by atoms with Gasteiger partial charge in [-0.2, -0.15) is 0 Å². The van der Waals surface area contributed by atoms with Gasteiger partial charge in [0.1, 0.15) is 6.04 Å². The van der Waals surface area contributed by atoms with E-state index >= 15 is 0 Å². The van der Waals surface area contributed by atoms with E-state index in [0.29, 0.717) is 31.7 Å². The molecule has 0 aromatic rings. The minimum Gasteiger partial charge on any atom is -0.468 e. The first-order valence-corrected chi connectivity index (χ1v) is 7.82. The van der Waals surface area contributed by atoms with Crippen LogP contribution in [0.2, 0.25) is 0 Å². The number of methoxy groups -OCH3 is 1. The highest BCUT2D eigenvalue weighted by Crippen LogP contribution is 2.35. The third-order valence-electron chi connectivity index (χ3n) is 5.01. The van der Waals surface area contributed by atoms with Gasteiger partial charge in [-0.3, -0.25) is 9.69 Å². The molecule has 2 fully saturated rings. The summed E-state index contributed by atoms with van der Waals surface area (Å²) >= 11 is 0. The van der Waals surface area contributed by atoms with Crippen molar-refractivity contribution in [3.05, 3.63) is 0 Å². The second-order valence-electron chi connectivity index (χ2n) is 6.00. The first-order chi connectivity index (χ1) is 9.71. The lowest BCUT2D eigenvalue weighted by Gasteiger charge is -2.46. The van der Waals surface area contributed by atoms with E-state index in [9.17, 15) is 4.79 Å². The number of carbonyl (C=O) groups is 1. The molecule has 1 aliphatic carbocycles. The standard InChI is InChI=1S/C15H28N2O3/c1-3-11-4-5-12(9-16)13(8-11)17-6-7-20-10-14(17)15(18)19-2/h11-14H,3-10,16H2,1-2H3. The molecule has 20 heavy (non-hydrogen) atoms. The van der Waals surface area contributed by atoms with Crippen molar-refractivity contribution in [3.63, 3.8) is 0 Å². The number of hydrogen-bond donors (Lipinski definition) is 1. The summed E-state index contributed by atoms with van der Waals surface area (Å²) in [6.45, 7) is 4.89. The molecule has 5 nitrogen and oxygen atoms in total. The van der Waals surface area contributed by atoms with Gasteiger partial charge in [0.15, 0.2) is 0 Å². The Kier molecular flexibility index (Phi) is 5.81. The maximum absolute atomic E-state index is 12.0. The van der Waals surface area contributed by atoms with Crippen molar-refractivity contribution in [2.45, 2.75) is 44.7 Å². The number of morpholine rings is 1. The van der Waals surface area contributed by atoms with E-state index in [1.807, 2.05) is 0 Å². The fraction of sp³-hybridized carbons (Fsp3) is 0.933. The van der Waals surface area contributed by atoms with E-state index in [1.54, 1.807) is 0 Å². The van der Waals surface area contributed by atoms with Gasteiger partial charge in [-0.15, -0.1) is 0 Å². The zero-order chi connectivity index (χ0) is 14.5. The summed E-state index contributed by atoms with van der Waals surface area (Å²) in [5.41, 5.74) is 5.97. The van der Waals surface area contributed by atoms with Crippen molar-refractivity contribution < 1.29 is 14.3 Å². The molecule has 1 heterocycles. The van der Waals surface area contributed by atoms with E-state index < -0.39 is 0 Å². The molecule has 1 saturated carbocycles. The molecule has 0 bridgehead atoms. The number of carbonyl (C=O) groups excluding carboxylic acids is 1. The smallest absolute Gasteiger partial charge is 0.325 e. The molecule has 0 aromatic heterocycles. The summed E-state index contributed by atoms with van der Waals surface area (Å²) < 4.78 is 10.4. The van der Waals surface area contributed by atoms with E-state index in [1.165, 1.54) is 26.4 Å². The Labute approximate surface area is 121 Å². The Morgan fingerprint density at radius 3 is 2.90 bits per heavy atom. The third kappa shape index (κ3) is 3.32. The minimum atomic E-state index is -0.261. The van der Waals surface area contributed by atoms with Gasteiger partial charge in [0, 0.05) is 12.6 Å². The first-order valence-electron chi connectivity index (χ1n) is 7.82. The average Bonchev–Trinajstić information content (AvgIpc) is 2.53. The zero-order valence-electron chi connectivity index (χ0n) is 12.7. The normalized spacial score (nSPS) is 35.8. The van der Waals surface area contributed by atoms with Gasteiger partial charge >= 0.3 is 5.97 Å². The largest absolute Gasteiger partial charge is 0.468 e. The minimum absolute atomic E-state index is 0.181. The van der Waals surface area contributed by atoms with Gasteiger partial charge in [-0.25, -0.2) is 0 Å². The van der Waals surface area contributed by atoms with Crippen LogP contribution in [-0.2, 0) is 14.3 Å². The third-order valence-corrected chi connectivity index (χ3v) is 5.01. The van der Waals surface area contributed by atoms with E-state index in [-0.39, 0.29) is 12.0 Å². The predicted octanol–water partition coefficient (Wildman–Crippen LogP) is 1.01. The molecular formula is C15H28N2O3. The molecule has 0 aromatic carbocycles. The second-order valence-corrected chi connectivity index (χ2v) is 6.00. The van der Waals surface area contributed by atoms with Gasteiger partial charge in [0.25, 0.3) is 0 Å². The lowest BCUT2D eigenvalue weighted by atomic mass is 9.76. The average molecular weight is 284 g/mol. The van der Waals surface area contributed by atoms with Crippen molar-refractivity contribution in [2.24, 2.45) is 17.6 Å². The van der Waals surface area contributed by atoms with Crippen LogP contribution in [0.3, 0.4) is 0 Å². The van der Waals surface area contributed by atoms with E-state index in [2.05, 4.69) is 11.8 Å². The quantitative estimate of drug-likeness (QED) is 0.781. The number of esters is 1. The van der Waals surface area contributed by atoms with Crippen LogP contribution < -0.4 is 5.73 Å². The summed E-state index contributed by atoms with van der Waals surface area (Å²) in [7, 11) is 1.45. The van der Waals surface area contributed by atoms with Gasteiger partial charge in [0.05, 0.1) is 20.3 Å². The van der Waals surface area contributed by atoms with Gasteiger partial charge < -0.3 is 15.2 Å². The second kappa shape index (κ2) is 7.38. The Morgan fingerprint density at radius 1 is 1.45 bits per heavy atom. The molecule has 2 rings (SSSR count). The summed E-state index contributed by atoms with van der Waals surface area (Å²) in [4.78, 5) is 14.3. The van der Waals surface area contributed by atoms with Gasteiger partial charge in [-0.05, 0) is 31.2 Å². The highest BCUT2D eigenvalue weighted by atomic mass is 16.5. The molecular weight excluding hydrogens is 256 g/mol. The van der Waals surface area contributed by atoms with Crippen molar-refractivity contribution in [1.29, 1.82) is 0 Å². The summed E-state index contributed by atoms with van der Waals surface area (Å²) in [5.74, 6) is 1.06. The SMILES string of the molecule is CCC1CCC(CN)C(N2CCOCC2C(=O)OC)C1. The van der Waals surface area contributed by atoms with Crippen molar-refractivity contribution in [1.82, 2.24) is 4.90 Å². The van der Waals surface area contributed by atoms with Gasteiger partial charge in [-0.1, -0.05) is 19.8 Å². The number of nitrogens with zero attached hydrogens (tertiary/aromatic N) is 1. The van der Waals surface area contributed by atoms with Crippen LogP contribution in [0.4, 0.5) is 0 Å². The van der Waals surface area contributed by atoms with Crippen LogP contribution in [0, 0.1) is 11.8 Å². The lowest BCUT2D eigenvalue weighted by Crippen LogP contribution is -2.58. The van der Waals surface area contributed by atoms with Crippen LogP contribution in [-0.4, -0.2) is 56.4 Å². The van der Waals surface area contributed by atoms with Crippen LogP contribution in [0.5, 0.6) is 0 Å². The Bertz CT molecular complexity index is 324. The number of ether oxygens (including phenoxy) is 2. The predicted molar refractivity (Wildman–Crippen MR) is 77.3 cm³/mol. The molecule has 4 atom stereocenters. The van der Waals surface area contributed by atoms with Crippen LogP contribution in [0.1, 0.15) is 32.6 Å². The van der Waals surface area contributed by atoms with E-state index in [4.69, 9.17) is 15.2 Å². The van der Waals surface area contributed by atoms with Crippen LogP contribution in [0.15, 0.2) is 0 Å². The Balaban J connectivity index is 2.12. The number of hydrogen-bond acceptors (Lipinski definition) is 5. The molecule has 1 saturated heterocycles. The topological polar surface area (TPSA) is 64.8 Å². The first kappa shape index (κ1) is 15.7. The Morgan fingerprint density at radius 2 is 2.25 bits per heavy atom. The molecule has 2 N–H and O–H groups in total. The molecule has 0 amide bonds. The maximum atomic E-state index is 12.0. The molecule has 5 heteroatoms. The maximum Gasteiger partial charge on any atom is 0.325 e. The van der Waals surface area contributed by atoms with Crippen LogP contribution >= 0.6 is 0 Å². The zero-order valence-corrected chi connectivity index (χ0v) is 12.7. The number of nitrogens with two attached hydrogens (primary N) is 1. The van der Waals surface area contributed by atoms with Gasteiger partial charge in [0.2, 0.25) is 0 Å². The molecule has 0 spiro atoms. The fourth-order valence-corrected chi connectivity index (χ4v) is 3.70. The summed E-state index contributed by atoms with van der Waals surface area (Å²) in [5, 5.41) is 0. The number of rotatable bonds is 4. The highest BCUT2D eigenvalue weighted by molar-refractivity contribution is 5.76. The summed E-state index contributed by atoms with van der Waals surface area (Å²) in [6, 6.07) is 0.134. The molecule has 0 radical (unpaired) electrons. The van der Waals surface area contributed by atoms with Crippen LogP contribution in [0.25, 0.3) is 0 Å². The molecule has 1 aliphatic heterocycles. The lowest BCUT2D eigenvalue weighted by molar-refractivity contribution is -0.157. The summed E-state index contributed by atoms with van der Waals surface area (Å²) in [6.07, 6.45) is 4.79. The van der Waals surface area contributed by atoms with E-state index in [0.717, 1.165) is 18.9 Å². The van der Waals surface area contributed by atoms with Crippen molar-refractivity contribution >= 4 is 5.97 Å². The molecule has 116 valence electrons. The fourth-order valence-electron chi connectivity index (χ4n) is 3.70. The Hall–Kier alpha value is -0.650. The molecule has 4 unspecified atom stereocenters. The highest BCUT2D eigenvalue weighted by Gasteiger charge is 2.40.